The van der Waals surface area contributed by atoms with Gasteiger partial charge >= 0.3 is 0 Å². The Labute approximate surface area is 130 Å². The lowest BCUT2D eigenvalue weighted by molar-refractivity contribution is 0.415. The fraction of sp³-hybridized carbons (Fsp3) is 0.278. The first-order chi connectivity index (χ1) is 10.8. The topological polar surface area (TPSA) is 39.1 Å². The van der Waals surface area contributed by atoms with Gasteiger partial charge in [0.1, 0.15) is 11.3 Å². The molecule has 3 rings (SSSR count). The van der Waals surface area contributed by atoms with Crippen LogP contribution in [0.3, 0.4) is 0 Å². The van der Waals surface area contributed by atoms with Gasteiger partial charge in [0.15, 0.2) is 0 Å². The van der Waals surface area contributed by atoms with E-state index < -0.39 is 0 Å². The van der Waals surface area contributed by atoms with Crippen LogP contribution in [0.4, 0.5) is 0 Å². The van der Waals surface area contributed by atoms with Crippen molar-refractivity contribution in [1.29, 1.82) is 0 Å². The summed E-state index contributed by atoms with van der Waals surface area (Å²) in [6.07, 6.45) is 4.90. The van der Waals surface area contributed by atoms with Gasteiger partial charge in [-0.05, 0) is 31.6 Å². The molecule has 0 aliphatic rings. The van der Waals surface area contributed by atoms with Crippen molar-refractivity contribution in [2.45, 2.75) is 12.5 Å². The van der Waals surface area contributed by atoms with Crippen LogP contribution in [0.15, 0.2) is 54.9 Å². The Balaban J connectivity index is 2.12. The Hall–Kier alpha value is -2.33. The smallest absolute Gasteiger partial charge is 0.146 e. The van der Waals surface area contributed by atoms with Crippen LogP contribution in [0.2, 0.25) is 0 Å². The van der Waals surface area contributed by atoms with E-state index in [0.717, 1.165) is 29.7 Å². The minimum Gasteiger partial charge on any atom is -0.494 e. The van der Waals surface area contributed by atoms with E-state index >= 15 is 0 Å². The number of nitrogens with zero attached hydrogens (tertiary/aromatic N) is 2. The largest absolute Gasteiger partial charge is 0.494 e. The highest BCUT2D eigenvalue weighted by atomic mass is 16.5. The van der Waals surface area contributed by atoms with Gasteiger partial charge in [0.05, 0.1) is 18.7 Å². The highest BCUT2D eigenvalue weighted by molar-refractivity contribution is 5.82. The van der Waals surface area contributed by atoms with Crippen LogP contribution in [-0.4, -0.2) is 30.3 Å². The number of ether oxygens (including phenoxy) is 1. The molecule has 2 heterocycles. The lowest BCUT2D eigenvalue weighted by atomic mass is 10.0. The maximum atomic E-state index is 5.54. The minimum absolute atomic E-state index is 0.254. The SMILES string of the molecule is CNCCC(c1ccccc1)n1ccc2nccc(OC)c21. The van der Waals surface area contributed by atoms with Crippen molar-refractivity contribution in [2.75, 3.05) is 20.7 Å². The average molecular weight is 295 g/mol. The number of aromatic nitrogens is 2. The molecule has 3 aromatic rings. The zero-order valence-corrected chi connectivity index (χ0v) is 13.0. The van der Waals surface area contributed by atoms with Crippen molar-refractivity contribution in [3.8, 4) is 5.75 Å². The predicted octanol–water partition coefficient (Wildman–Crippen LogP) is 3.24. The highest BCUT2D eigenvalue weighted by Crippen LogP contribution is 2.31. The average Bonchev–Trinajstić information content (AvgIpc) is 3.00. The summed E-state index contributed by atoms with van der Waals surface area (Å²) in [4.78, 5) is 4.45. The molecule has 1 aromatic carbocycles. The van der Waals surface area contributed by atoms with Crippen LogP contribution in [-0.2, 0) is 0 Å². The second kappa shape index (κ2) is 6.62. The second-order valence-electron chi connectivity index (χ2n) is 5.29. The van der Waals surface area contributed by atoms with Gasteiger partial charge in [-0.3, -0.25) is 4.98 Å². The van der Waals surface area contributed by atoms with Gasteiger partial charge in [0, 0.05) is 18.5 Å². The number of pyridine rings is 1. The zero-order valence-electron chi connectivity index (χ0n) is 13.0. The molecule has 4 heteroatoms. The number of hydrogen-bond donors (Lipinski definition) is 1. The van der Waals surface area contributed by atoms with E-state index in [1.807, 2.05) is 19.2 Å². The van der Waals surface area contributed by atoms with Crippen LogP contribution >= 0.6 is 0 Å². The molecule has 1 atom stereocenters. The number of benzene rings is 1. The van der Waals surface area contributed by atoms with Gasteiger partial charge in [0.25, 0.3) is 0 Å². The third kappa shape index (κ3) is 2.70. The molecule has 0 fully saturated rings. The predicted molar refractivity (Wildman–Crippen MR) is 89.4 cm³/mol. The molecule has 114 valence electrons. The third-order valence-electron chi connectivity index (χ3n) is 3.97. The second-order valence-corrected chi connectivity index (χ2v) is 5.29. The molecular weight excluding hydrogens is 274 g/mol. The molecule has 4 nitrogen and oxygen atoms in total. The van der Waals surface area contributed by atoms with Crippen LogP contribution in [0, 0.1) is 0 Å². The molecule has 0 saturated heterocycles. The van der Waals surface area contributed by atoms with Crippen molar-refractivity contribution in [1.82, 2.24) is 14.9 Å². The maximum absolute atomic E-state index is 5.54. The van der Waals surface area contributed by atoms with Gasteiger partial charge in [-0.15, -0.1) is 0 Å². The molecule has 0 bridgehead atoms. The van der Waals surface area contributed by atoms with Crippen molar-refractivity contribution in [3.63, 3.8) is 0 Å². The standard InChI is InChI=1S/C18H21N3O/c1-19-11-8-16(14-6-4-3-5-7-14)21-13-10-15-18(21)17(22-2)9-12-20-15/h3-7,9-10,12-13,16,19H,8,11H2,1-2H3. The van der Waals surface area contributed by atoms with Crippen LogP contribution in [0.25, 0.3) is 11.0 Å². The number of fused-ring (bicyclic) bond motifs is 1. The van der Waals surface area contributed by atoms with E-state index in [1.165, 1.54) is 5.56 Å². The molecular formula is C18H21N3O. The Bertz CT molecular complexity index is 736. The van der Waals surface area contributed by atoms with Gasteiger partial charge in [0.2, 0.25) is 0 Å². The summed E-state index contributed by atoms with van der Waals surface area (Å²) >= 11 is 0. The van der Waals surface area contributed by atoms with E-state index in [1.54, 1.807) is 13.3 Å². The Kier molecular flexibility index (Phi) is 4.39. The van der Waals surface area contributed by atoms with Crippen molar-refractivity contribution in [3.05, 3.63) is 60.4 Å². The van der Waals surface area contributed by atoms with E-state index in [2.05, 4.69) is 51.4 Å². The molecule has 0 aliphatic carbocycles. The summed E-state index contributed by atoms with van der Waals surface area (Å²) in [6, 6.07) is 14.8. The molecule has 0 aliphatic heterocycles. The first kappa shape index (κ1) is 14.6. The lowest BCUT2D eigenvalue weighted by Crippen LogP contribution is -2.17. The van der Waals surface area contributed by atoms with Crippen LogP contribution < -0.4 is 10.1 Å². The molecule has 22 heavy (non-hydrogen) atoms. The van der Waals surface area contributed by atoms with Gasteiger partial charge in [-0.2, -0.15) is 0 Å². The molecule has 0 amide bonds. The van der Waals surface area contributed by atoms with Crippen molar-refractivity contribution < 1.29 is 4.74 Å². The molecule has 1 N–H and O–H groups in total. The number of hydrogen-bond acceptors (Lipinski definition) is 3. The van der Waals surface area contributed by atoms with Crippen molar-refractivity contribution >= 4 is 11.0 Å². The third-order valence-corrected chi connectivity index (χ3v) is 3.97. The van der Waals surface area contributed by atoms with E-state index in [-0.39, 0.29) is 6.04 Å². The fourth-order valence-corrected chi connectivity index (χ4v) is 2.91. The number of methoxy groups -OCH3 is 1. The van der Waals surface area contributed by atoms with Gasteiger partial charge in [-0.1, -0.05) is 30.3 Å². The summed E-state index contributed by atoms with van der Waals surface area (Å²) < 4.78 is 7.81. The summed E-state index contributed by atoms with van der Waals surface area (Å²) in [7, 11) is 3.69. The molecule has 0 saturated carbocycles. The Morgan fingerprint density at radius 1 is 1.18 bits per heavy atom. The lowest BCUT2D eigenvalue weighted by Gasteiger charge is -2.21. The maximum Gasteiger partial charge on any atom is 0.146 e. The first-order valence-corrected chi connectivity index (χ1v) is 7.54. The summed E-state index contributed by atoms with van der Waals surface area (Å²) in [6.45, 7) is 0.946. The molecule has 1 unspecified atom stereocenters. The minimum atomic E-state index is 0.254. The van der Waals surface area contributed by atoms with E-state index in [0.29, 0.717) is 0 Å². The summed E-state index contributed by atoms with van der Waals surface area (Å²) in [5, 5.41) is 3.25. The number of nitrogens with one attached hydrogen (secondary N) is 1. The van der Waals surface area contributed by atoms with E-state index in [9.17, 15) is 0 Å². The summed E-state index contributed by atoms with van der Waals surface area (Å²) in [5.74, 6) is 0.861. The van der Waals surface area contributed by atoms with Crippen LogP contribution in [0.1, 0.15) is 18.0 Å². The van der Waals surface area contributed by atoms with Gasteiger partial charge in [-0.25, -0.2) is 0 Å². The first-order valence-electron chi connectivity index (χ1n) is 7.54. The number of rotatable bonds is 6. The fourth-order valence-electron chi connectivity index (χ4n) is 2.91. The normalized spacial score (nSPS) is 12.5. The molecule has 0 spiro atoms. The van der Waals surface area contributed by atoms with Crippen LogP contribution in [0.5, 0.6) is 5.75 Å². The molecule has 2 aromatic heterocycles. The quantitative estimate of drug-likeness (QED) is 0.759. The Morgan fingerprint density at radius 3 is 2.73 bits per heavy atom. The summed E-state index contributed by atoms with van der Waals surface area (Å²) in [5.41, 5.74) is 3.31. The highest BCUT2D eigenvalue weighted by Gasteiger charge is 2.17. The Morgan fingerprint density at radius 2 is 2.00 bits per heavy atom. The van der Waals surface area contributed by atoms with Crippen molar-refractivity contribution in [2.24, 2.45) is 0 Å². The van der Waals surface area contributed by atoms with E-state index in [4.69, 9.17) is 4.74 Å². The monoisotopic (exact) mass is 295 g/mol. The van der Waals surface area contributed by atoms with Gasteiger partial charge < -0.3 is 14.6 Å². The molecule has 0 radical (unpaired) electrons. The zero-order chi connectivity index (χ0) is 15.4.